The van der Waals surface area contributed by atoms with E-state index in [1.807, 2.05) is 0 Å². The van der Waals surface area contributed by atoms with Gasteiger partial charge >= 0.3 is 5.97 Å². The first-order valence-corrected chi connectivity index (χ1v) is 8.45. The molecule has 0 atom stereocenters. The molecule has 1 saturated heterocycles. The maximum Gasteiger partial charge on any atom is 0.343 e. The molecule has 1 fully saturated rings. The minimum absolute atomic E-state index is 0.106. The summed E-state index contributed by atoms with van der Waals surface area (Å²) in [6, 6.07) is 9.79. The predicted octanol–water partition coefficient (Wildman–Crippen LogP) is 3.70. The second-order valence-corrected chi connectivity index (χ2v) is 6.13. The van der Waals surface area contributed by atoms with E-state index >= 15 is 0 Å². The van der Waals surface area contributed by atoms with Crippen LogP contribution in [0.5, 0.6) is 17.2 Å². The van der Waals surface area contributed by atoms with E-state index in [-0.39, 0.29) is 16.5 Å². The smallest absolute Gasteiger partial charge is 0.343 e. The van der Waals surface area contributed by atoms with E-state index in [1.54, 1.807) is 29.2 Å². The third-order valence-corrected chi connectivity index (χ3v) is 4.38. The van der Waals surface area contributed by atoms with E-state index in [1.165, 1.54) is 26.4 Å². The molecular weight excluding hydrogens is 358 g/mol. The van der Waals surface area contributed by atoms with E-state index in [9.17, 15) is 9.59 Å². The van der Waals surface area contributed by atoms with Crippen molar-refractivity contribution in [3.8, 4) is 17.2 Å². The summed E-state index contributed by atoms with van der Waals surface area (Å²) in [4.78, 5) is 25.9. The molecule has 0 bridgehead atoms. The molecule has 1 amide bonds. The monoisotopic (exact) mass is 375 g/mol. The summed E-state index contributed by atoms with van der Waals surface area (Å²) in [6.07, 6.45) is 1.42. The SMILES string of the molecule is COc1cc(C(=O)Oc2ccc(N3CCCC3=O)cc2)cc(Cl)c1OC. The van der Waals surface area contributed by atoms with Gasteiger partial charge in [0.2, 0.25) is 5.91 Å². The summed E-state index contributed by atoms with van der Waals surface area (Å²) < 4.78 is 15.7. The molecule has 1 heterocycles. The van der Waals surface area contributed by atoms with Gasteiger partial charge in [-0.3, -0.25) is 4.79 Å². The lowest BCUT2D eigenvalue weighted by molar-refractivity contribution is -0.117. The second kappa shape index (κ2) is 7.66. The van der Waals surface area contributed by atoms with Crippen LogP contribution in [-0.2, 0) is 4.79 Å². The summed E-state index contributed by atoms with van der Waals surface area (Å²) in [5.41, 5.74) is 1.04. The van der Waals surface area contributed by atoms with E-state index in [0.29, 0.717) is 30.2 Å². The van der Waals surface area contributed by atoms with Gasteiger partial charge in [0.15, 0.2) is 11.5 Å². The second-order valence-electron chi connectivity index (χ2n) is 5.73. The summed E-state index contributed by atoms with van der Waals surface area (Å²) in [7, 11) is 2.93. The summed E-state index contributed by atoms with van der Waals surface area (Å²) in [6.45, 7) is 0.710. The standard InChI is InChI=1S/C19H18ClNO5/c1-24-16-11-12(10-15(20)18(16)25-2)19(23)26-14-7-5-13(6-8-14)21-9-3-4-17(21)22/h5-8,10-11H,3-4,9H2,1-2H3. The molecule has 2 aromatic carbocycles. The van der Waals surface area contributed by atoms with Gasteiger partial charge in [0.05, 0.1) is 24.8 Å². The molecule has 1 aliphatic rings. The van der Waals surface area contributed by atoms with Crippen molar-refractivity contribution < 1.29 is 23.8 Å². The Bertz CT molecular complexity index is 835. The summed E-state index contributed by atoms with van der Waals surface area (Å²) in [5, 5.41) is 0.252. The highest BCUT2D eigenvalue weighted by Crippen LogP contribution is 2.36. The molecule has 0 N–H and O–H groups in total. The molecule has 136 valence electrons. The fourth-order valence-electron chi connectivity index (χ4n) is 2.82. The van der Waals surface area contributed by atoms with Crippen LogP contribution in [-0.4, -0.2) is 32.6 Å². The topological polar surface area (TPSA) is 65.1 Å². The number of anilines is 1. The third kappa shape index (κ3) is 3.60. The van der Waals surface area contributed by atoms with E-state index in [4.69, 9.17) is 25.8 Å². The van der Waals surface area contributed by atoms with Crippen LogP contribution in [0.1, 0.15) is 23.2 Å². The van der Waals surface area contributed by atoms with Crippen molar-refractivity contribution in [2.75, 3.05) is 25.7 Å². The van der Waals surface area contributed by atoms with Crippen molar-refractivity contribution in [3.05, 3.63) is 47.0 Å². The summed E-state index contributed by atoms with van der Waals surface area (Å²) in [5.74, 6) is 0.601. The van der Waals surface area contributed by atoms with E-state index in [2.05, 4.69) is 0 Å². The molecule has 0 aromatic heterocycles. The number of benzene rings is 2. The number of halogens is 1. The molecule has 6 nitrogen and oxygen atoms in total. The zero-order valence-electron chi connectivity index (χ0n) is 14.5. The van der Waals surface area contributed by atoms with Gasteiger partial charge < -0.3 is 19.1 Å². The first kappa shape index (κ1) is 18.1. The largest absolute Gasteiger partial charge is 0.493 e. The quantitative estimate of drug-likeness (QED) is 0.589. The van der Waals surface area contributed by atoms with E-state index in [0.717, 1.165) is 12.1 Å². The lowest BCUT2D eigenvalue weighted by atomic mass is 10.2. The van der Waals surface area contributed by atoms with Gasteiger partial charge in [0.25, 0.3) is 0 Å². The number of ether oxygens (including phenoxy) is 3. The van der Waals surface area contributed by atoms with Crippen molar-refractivity contribution in [3.63, 3.8) is 0 Å². The molecule has 2 aromatic rings. The number of esters is 1. The molecule has 0 saturated carbocycles. The molecule has 3 rings (SSSR count). The maximum atomic E-state index is 12.4. The van der Waals surface area contributed by atoms with Crippen molar-refractivity contribution in [1.29, 1.82) is 0 Å². The van der Waals surface area contributed by atoms with Crippen LogP contribution in [0.2, 0.25) is 5.02 Å². The lowest BCUT2D eigenvalue weighted by Gasteiger charge is -2.16. The lowest BCUT2D eigenvalue weighted by Crippen LogP contribution is -2.23. The molecule has 26 heavy (non-hydrogen) atoms. The van der Waals surface area contributed by atoms with Gasteiger partial charge in [-0.25, -0.2) is 4.79 Å². The Morgan fingerprint density at radius 2 is 1.85 bits per heavy atom. The summed E-state index contributed by atoms with van der Waals surface area (Å²) >= 11 is 6.12. The van der Waals surface area contributed by atoms with Crippen LogP contribution >= 0.6 is 11.6 Å². The fraction of sp³-hybridized carbons (Fsp3) is 0.263. The maximum absolute atomic E-state index is 12.4. The molecule has 0 spiro atoms. The minimum Gasteiger partial charge on any atom is -0.493 e. The third-order valence-electron chi connectivity index (χ3n) is 4.10. The van der Waals surface area contributed by atoms with Crippen LogP contribution in [0.25, 0.3) is 0 Å². The number of carbonyl (C=O) groups is 2. The van der Waals surface area contributed by atoms with Gasteiger partial charge in [-0.1, -0.05) is 11.6 Å². The average Bonchev–Trinajstić information content (AvgIpc) is 3.07. The minimum atomic E-state index is -0.571. The Morgan fingerprint density at radius 1 is 1.12 bits per heavy atom. The number of carbonyl (C=O) groups excluding carboxylic acids is 2. The Labute approximate surface area is 156 Å². The Balaban J connectivity index is 1.76. The van der Waals surface area contributed by atoms with Crippen molar-refractivity contribution in [2.24, 2.45) is 0 Å². The highest BCUT2D eigenvalue weighted by Gasteiger charge is 2.22. The molecule has 0 aliphatic carbocycles. The average molecular weight is 376 g/mol. The molecule has 0 radical (unpaired) electrons. The number of hydrogen-bond donors (Lipinski definition) is 0. The first-order chi connectivity index (χ1) is 12.5. The fourth-order valence-corrected chi connectivity index (χ4v) is 3.10. The van der Waals surface area contributed by atoms with Crippen molar-refractivity contribution in [2.45, 2.75) is 12.8 Å². The molecular formula is C19H18ClNO5. The first-order valence-electron chi connectivity index (χ1n) is 8.07. The highest BCUT2D eigenvalue weighted by molar-refractivity contribution is 6.32. The van der Waals surface area contributed by atoms with E-state index < -0.39 is 5.97 Å². The van der Waals surface area contributed by atoms with Gasteiger partial charge in [-0.2, -0.15) is 0 Å². The van der Waals surface area contributed by atoms with Gasteiger partial charge in [0, 0.05) is 18.7 Å². The number of hydrogen-bond acceptors (Lipinski definition) is 5. The van der Waals surface area contributed by atoms with Gasteiger partial charge in [0.1, 0.15) is 5.75 Å². The van der Waals surface area contributed by atoms with Crippen LogP contribution in [0, 0.1) is 0 Å². The van der Waals surface area contributed by atoms with Crippen molar-refractivity contribution in [1.82, 2.24) is 0 Å². The van der Waals surface area contributed by atoms with Crippen LogP contribution < -0.4 is 19.1 Å². The zero-order chi connectivity index (χ0) is 18.7. The number of amides is 1. The zero-order valence-corrected chi connectivity index (χ0v) is 15.2. The van der Waals surface area contributed by atoms with Crippen LogP contribution in [0.4, 0.5) is 5.69 Å². The van der Waals surface area contributed by atoms with Crippen molar-refractivity contribution >= 4 is 29.2 Å². The van der Waals surface area contributed by atoms with Crippen LogP contribution in [0.3, 0.4) is 0 Å². The molecule has 7 heteroatoms. The number of nitrogens with zero attached hydrogens (tertiary/aromatic N) is 1. The number of rotatable bonds is 5. The predicted molar refractivity (Wildman–Crippen MR) is 97.5 cm³/mol. The molecule has 1 aliphatic heterocycles. The normalized spacial score (nSPS) is 13.7. The highest BCUT2D eigenvalue weighted by atomic mass is 35.5. The van der Waals surface area contributed by atoms with Gasteiger partial charge in [-0.15, -0.1) is 0 Å². The number of methoxy groups -OCH3 is 2. The van der Waals surface area contributed by atoms with Gasteiger partial charge in [-0.05, 0) is 42.8 Å². The molecule has 0 unspecified atom stereocenters. The Hall–Kier alpha value is -2.73. The Kier molecular flexibility index (Phi) is 5.32. The van der Waals surface area contributed by atoms with Crippen LogP contribution in [0.15, 0.2) is 36.4 Å². The Morgan fingerprint density at radius 3 is 2.42 bits per heavy atom.